The van der Waals surface area contributed by atoms with Gasteiger partial charge in [0.15, 0.2) is 0 Å². The lowest BCUT2D eigenvalue weighted by Crippen LogP contribution is -2.46. The molecule has 0 saturated heterocycles. The highest BCUT2D eigenvalue weighted by atomic mass is 35.5. The summed E-state index contributed by atoms with van der Waals surface area (Å²) >= 11 is 5.88. The van der Waals surface area contributed by atoms with Crippen molar-refractivity contribution in [2.45, 2.75) is 110 Å². The van der Waals surface area contributed by atoms with Crippen LogP contribution in [0.15, 0.2) is 27.4 Å². The van der Waals surface area contributed by atoms with E-state index in [1.54, 1.807) is 0 Å². The second-order valence-corrected chi connectivity index (χ2v) is 12.1. The van der Waals surface area contributed by atoms with Crippen molar-refractivity contribution in [3.63, 3.8) is 0 Å². The molecule has 0 bridgehead atoms. The third kappa shape index (κ3) is 13.2. The number of carbonyl (C=O) groups excluding carboxylic acids is 1. The predicted octanol–water partition coefficient (Wildman–Crippen LogP) is 7.59. The number of carbonyl (C=O) groups is 1. The Balaban J connectivity index is 1.51. The van der Waals surface area contributed by atoms with Crippen molar-refractivity contribution in [2.75, 3.05) is 33.7 Å². The molecule has 1 aromatic heterocycles. The summed E-state index contributed by atoms with van der Waals surface area (Å²) in [5.74, 6) is -0.899. The van der Waals surface area contributed by atoms with Crippen LogP contribution >= 0.6 is 11.6 Å². The topological polar surface area (TPSA) is 82.4 Å². The molecule has 0 aliphatic heterocycles. The summed E-state index contributed by atoms with van der Waals surface area (Å²) in [7, 11) is 4.34. The van der Waals surface area contributed by atoms with E-state index in [0.29, 0.717) is 11.9 Å². The Bertz CT molecular complexity index is 1050. The van der Waals surface area contributed by atoms with Gasteiger partial charge in [0.25, 0.3) is 5.91 Å². The quantitative estimate of drug-likeness (QED) is 0.0965. The summed E-state index contributed by atoms with van der Waals surface area (Å²) in [6.07, 6.45) is 21.8. The molecule has 1 amide bonds. The number of rotatable bonds is 21. The second kappa shape index (κ2) is 18.3. The molecule has 0 aliphatic carbocycles. The molecule has 2 aromatic rings. The van der Waals surface area contributed by atoms with Crippen LogP contribution in [0.4, 0.5) is 0 Å². The average Bonchev–Trinajstić information content (AvgIpc) is 2.89. The monoisotopic (exact) mass is 562 g/mol. The lowest BCUT2D eigenvalue weighted by Gasteiger charge is -2.30. The molecule has 0 atom stereocenters. The minimum Gasteiger partial charge on any atom is -0.871 e. The first-order chi connectivity index (χ1) is 18.7. The fourth-order valence-corrected chi connectivity index (χ4v) is 5.22. The number of benzene rings is 1. The Morgan fingerprint density at radius 1 is 0.821 bits per heavy atom. The van der Waals surface area contributed by atoms with E-state index in [4.69, 9.17) is 16.0 Å². The number of likely N-dealkylation sites (N-methyl/N-ethyl adjacent to an activating group) is 1. The summed E-state index contributed by atoms with van der Waals surface area (Å²) in [5, 5.41) is 15.0. The number of hydrogen-bond donors (Lipinski definition) is 1. The number of amides is 1. The van der Waals surface area contributed by atoms with Crippen LogP contribution in [0, 0.1) is 0 Å². The third-order valence-corrected chi connectivity index (χ3v) is 7.95. The maximum atomic E-state index is 12.6. The van der Waals surface area contributed by atoms with Crippen LogP contribution < -0.4 is 16.0 Å². The summed E-state index contributed by atoms with van der Waals surface area (Å²) in [5.41, 5.74) is -0.716. The SMILES string of the molecule is CCCCCCCCCCCCCCCCCC[N+](C)(C)CCNC(=O)c1cc2cc(Cl)c([O-])cc2oc1=O. The van der Waals surface area contributed by atoms with Crippen molar-refractivity contribution in [1.82, 2.24) is 5.32 Å². The van der Waals surface area contributed by atoms with Gasteiger partial charge in [-0.3, -0.25) is 4.79 Å². The van der Waals surface area contributed by atoms with Gasteiger partial charge in [-0.25, -0.2) is 4.79 Å². The standard InChI is InChI=1S/C32H51ClN2O4/c1-4-5-6-7-8-9-10-11-12-13-14-15-16-17-18-19-21-35(2,3)22-20-34-31(37)27-23-26-24-28(33)29(36)25-30(26)39-32(27)38/h23-25H,4-22H2,1-3H3,(H-,34,36,37,38). The van der Waals surface area contributed by atoms with Gasteiger partial charge >= 0.3 is 5.63 Å². The molecule has 0 fully saturated rings. The zero-order valence-corrected chi connectivity index (χ0v) is 25.4. The fourth-order valence-electron chi connectivity index (χ4n) is 5.05. The third-order valence-electron chi connectivity index (χ3n) is 7.65. The highest BCUT2D eigenvalue weighted by Gasteiger charge is 2.17. The van der Waals surface area contributed by atoms with Gasteiger partial charge in [0.05, 0.1) is 33.7 Å². The van der Waals surface area contributed by atoms with Gasteiger partial charge in [-0.15, -0.1) is 0 Å². The van der Waals surface area contributed by atoms with E-state index in [0.717, 1.165) is 17.6 Å². The van der Waals surface area contributed by atoms with Crippen LogP contribution in [0.2, 0.25) is 5.02 Å². The van der Waals surface area contributed by atoms with Crippen LogP contribution in [-0.2, 0) is 0 Å². The number of hydrogen-bond acceptors (Lipinski definition) is 4. The molecule has 0 spiro atoms. The molecule has 7 heteroatoms. The Labute approximate surface area is 240 Å². The molecular formula is C32H51ClN2O4. The molecule has 0 radical (unpaired) electrons. The number of unbranched alkanes of at least 4 members (excludes halogenated alkanes) is 15. The molecule has 39 heavy (non-hydrogen) atoms. The van der Waals surface area contributed by atoms with Crippen LogP contribution in [0.3, 0.4) is 0 Å². The lowest BCUT2D eigenvalue weighted by atomic mass is 10.0. The van der Waals surface area contributed by atoms with Crippen molar-refractivity contribution in [3.05, 3.63) is 39.2 Å². The highest BCUT2D eigenvalue weighted by molar-refractivity contribution is 6.32. The van der Waals surface area contributed by atoms with Gasteiger partial charge in [0, 0.05) is 10.4 Å². The first-order valence-electron chi connectivity index (χ1n) is 15.3. The van der Waals surface area contributed by atoms with Crippen LogP contribution in [0.1, 0.15) is 120 Å². The van der Waals surface area contributed by atoms with Gasteiger partial charge in [-0.05, 0) is 31.0 Å². The van der Waals surface area contributed by atoms with Gasteiger partial charge in [-0.2, -0.15) is 0 Å². The summed E-state index contributed by atoms with van der Waals surface area (Å²) in [6.45, 7) is 4.57. The summed E-state index contributed by atoms with van der Waals surface area (Å²) in [4.78, 5) is 24.8. The second-order valence-electron chi connectivity index (χ2n) is 11.7. The first kappa shape index (κ1) is 33.2. The van der Waals surface area contributed by atoms with Crippen molar-refractivity contribution in [3.8, 4) is 5.75 Å². The molecule has 220 valence electrons. The van der Waals surface area contributed by atoms with Gasteiger partial charge < -0.3 is 19.3 Å². The smallest absolute Gasteiger partial charge is 0.349 e. The maximum absolute atomic E-state index is 12.6. The molecule has 2 rings (SSSR count). The number of fused-ring (bicyclic) bond motifs is 1. The minimum absolute atomic E-state index is 0.0239. The molecule has 1 aromatic carbocycles. The van der Waals surface area contributed by atoms with E-state index >= 15 is 0 Å². The Hall–Kier alpha value is -2.05. The zero-order chi connectivity index (χ0) is 28.5. The molecule has 0 aliphatic rings. The number of quaternary nitrogens is 1. The number of halogens is 1. The molecule has 1 heterocycles. The maximum Gasteiger partial charge on any atom is 0.349 e. The largest absolute Gasteiger partial charge is 0.871 e. The Morgan fingerprint density at radius 3 is 1.87 bits per heavy atom. The average molecular weight is 563 g/mol. The number of nitrogens with one attached hydrogen (secondary N) is 1. The fraction of sp³-hybridized carbons (Fsp3) is 0.688. The van der Waals surface area contributed by atoms with Crippen molar-refractivity contribution < 1.29 is 18.8 Å². The van der Waals surface area contributed by atoms with E-state index < -0.39 is 17.3 Å². The highest BCUT2D eigenvalue weighted by Crippen LogP contribution is 2.26. The number of nitrogens with zero attached hydrogens (tertiary/aromatic N) is 1. The van der Waals surface area contributed by atoms with Gasteiger partial charge in [-0.1, -0.05) is 114 Å². The van der Waals surface area contributed by atoms with Crippen LogP contribution in [-0.4, -0.2) is 44.1 Å². The lowest BCUT2D eigenvalue weighted by molar-refractivity contribution is -0.889. The minimum atomic E-state index is -0.761. The Morgan fingerprint density at radius 2 is 1.33 bits per heavy atom. The van der Waals surface area contributed by atoms with Crippen LogP contribution in [0.25, 0.3) is 11.0 Å². The van der Waals surface area contributed by atoms with Crippen molar-refractivity contribution in [2.24, 2.45) is 0 Å². The van der Waals surface area contributed by atoms with E-state index in [1.807, 2.05) is 0 Å². The molecule has 1 N–H and O–H groups in total. The van der Waals surface area contributed by atoms with Crippen molar-refractivity contribution >= 4 is 28.5 Å². The predicted molar refractivity (Wildman–Crippen MR) is 161 cm³/mol. The van der Waals surface area contributed by atoms with Crippen LogP contribution in [0.5, 0.6) is 5.75 Å². The molecule has 6 nitrogen and oxygen atoms in total. The summed E-state index contributed by atoms with van der Waals surface area (Å²) in [6, 6.07) is 4.01. The molecule has 0 saturated carbocycles. The van der Waals surface area contributed by atoms with Gasteiger partial charge in [0.2, 0.25) is 0 Å². The van der Waals surface area contributed by atoms with E-state index in [1.165, 1.54) is 121 Å². The van der Waals surface area contributed by atoms with Crippen molar-refractivity contribution in [1.29, 1.82) is 0 Å². The molecule has 0 unspecified atom stereocenters. The van der Waals surface area contributed by atoms with Gasteiger partial charge in [0.1, 0.15) is 11.1 Å². The van der Waals surface area contributed by atoms with E-state index in [-0.39, 0.29) is 16.2 Å². The molecular weight excluding hydrogens is 512 g/mol. The normalized spacial score (nSPS) is 11.8. The van der Waals surface area contributed by atoms with E-state index in [2.05, 4.69) is 26.3 Å². The summed E-state index contributed by atoms with van der Waals surface area (Å²) < 4.78 is 5.97. The van der Waals surface area contributed by atoms with E-state index in [9.17, 15) is 14.7 Å². The Kier molecular flexibility index (Phi) is 15.6. The zero-order valence-electron chi connectivity index (χ0n) is 24.6. The first-order valence-corrected chi connectivity index (χ1v) is 15.7.